The number of hydrogen-bond acceptors (Lipinski definition) is 2. The number of carbonyl (C=O) groups is 1. The first-order chi connectivity index (χ1) is 12.6. The lowest BCUT2D eigenvalue weighted by molar-refractivity contribution is -0.118. The van der Waals surface area contributed by atoms with Crippen molar-refractivity contribution in [1.82, 2.24) is 0 Å². The average Bonchev–Trinajstić information content (AvgIpc) is 2.65. The molecule has 1 N–H and O–H groups in total. The van der Waals surface area contributed by atoms with Crippen molar-refractivity contribution in [1.29, 1.82) is 0 Å². The van der Waals surface area contributed by atoms with Crippen LogP contribution < -0.4 is 10.1 Å². The first-order valence-electron chi connectivity index (χ1n) is 8.42. The normalized spacial score (nSPS) is 10.4. The maximum absolute atomic E-state index is 12.3. The second-order valence-electron chi connectivity index (χ2n) is 6.07. The van der Waals surface area contributed by atoms with Gasteiger partial charge in [0.15, 0.2) is 6.61 Å². The first kappa shape index (κ1) is 18.0. The van der Waals surface area contributed by atoms with Crippen molar-refractivity contribution < 1.29 is 9.53 Å². The zero-order chi connectivity index (χ0) is 18.4. The van der Waals surface area contributed by atoms with Crippen molar-refractivity contribution in [3.63, 3.8) is 0 Å². The van der Waals surface area contributed by atoms with Crippen LogP contribution in [0, 0.1) is 6.92 Å². The van der Waals surface area contributed by atoms with E-state index in [1.807, 2.05) is 55.5 Å². The summed E-state index contributed by atoms with van der Waals surface area (Å²) in [6.45, 7) is 1.84. The second kappa shape index (κ2) is 8.54. The molecule has 0 bridgehead atoms. The quantitative estimate of drug-likeness (QED) is 0.647. The molecule has 0 spiro atoms. The van der Waals surface area contributed by atoms with Gasteiger partial charge in [0, 0.05) is 10.7 Å². The highest BCUT2D eigenvalue weighted by Gasteiger charge is 2.08. The van der Waals surface area contributed by atoms with Crippen molar-refractivity contribution >= 4 is 23.2 Å². The number of para-hydroxylation sites is 1. The summed E-state index contributed by atoms with van der Waals surface area (Å²) >= 11 is 6.00. The number of ether oxygens (including phenoxy) is 1. The summed E-state index contributed by atoms with van der Waals surface area (Å²) < 4.78 is 5.56. The lowest BCUT2D eigenvalue weighted by Crippen LogP contribution is -2.21. The van der Waals surface area contributed by atoms with Gasteiger partial charge in [0.05, 0.1) is 0 Å². The highest BCUT2D eigenvalue weighted by molar-refractivity contribution is 6.31. The van der Waals surface area contributed by atoms with E-state index in [4.69, 9.17) is 16.3 Å². The van der Waals surface area contributed by atoms with Crippen LogP contribution in [0.2, 0.25) is 5.02 Å². The van der Waals surface area contributed by atoms with Crippen LogP contribution in [0.15, 0.2) is 72.8 Å². The Bertz CT molecular complexity index is 894. The number of anilines is 1. The van der Waals surface area contributed by atoms with Gasteiger partial charge in [0.2, 0.25) is 0 Å². The monoisotopic (exact) mass is 365 g/mol. The predicted molar refractivity (Wildman–Crippen MR) is 106 cm³/mol. The number of nitrogens with one attached hydrogen (secondary N) is 1. The Labute approximate surface area is 158 Å². The number of carbonyl (C=O) groups excluding carboxylic acids is 1. The largest absolute Gasteiger partial charge is 0.484 e. The Balaban J connectivity index is 1.63. The van der Waals surface area contributed by atoms with Crippen LogP contribution in [-0.4, -0.2) is 12.5 Å². The minimum atomic E-state index is -0.196. The van der Waals surface area contributed by atoms with Gasteiger partial charge in [-0.2, -0.15) is 0 Å². The topological polar surface area (TPSA) is 38.3 Å². The number of aryl methyl sites for hydroxylation is 1. The maximum atomic E-state index is 12.3. The van der Waals surface area contributed by atoms with E-state index in [0.29, 0.717) is 10.8 Å². The molecule has 0 fully saturated rings. The number of rotatable bonds is 6. The van der Waals surface area contributed by atoms with Gasteiger partial charge in [0.25, 0.3) is 5.91 Å². The zero-order valence-electron chi connectivity index (χ0n) is 14.5. The van der Waals surface area contributed by atoms with Gasteiger partial charge in [0.1, 0.15) is 5.75 Å². The molecule has 0 radical (unpaired) electrons. The number of benzene rings is 3. The zero-order valence-corrected chi connectivity index (χ0v) is 15.3. The second-order valence-corrected chi connectivity index (χ2v) is 6.47. The van der Waals surface area contributed by atoms with E-state index in [2.05, 4.69) is 17.4 Å². The Morgan fingerprint density at radius 2 is 1.73 bits per heavy atom. The fourth-order valence-corrected chi connectivity index (χ4v) is 2.77. The fraction of sp³-hybridized carbons (Fsp3) is 0.136. The third-order valence-electron chi connectivity index (χ3n) is 4.03. The van der Waals surface area contributed by atoms with Crippen LogP contribution >= 0.6 is 11.6 Å². The van der Waals surface area contributed by atoms with E-state index >= 15 is 0 Å². The molecule has 0 atom stereocenters. The minimum Gasteiger partial charge on any atom is -0.484 e. The van der Waals surface area contributed by atoms with Gasteiger partial charge >= 0.3 is 0 Å². The molecule has 0 aliphatic heterocycles. The molecule has 0 aliphatic carbocycles. The van der Waals surface area contributed by atoms with E-state index < -0.39 is 0 Å². The average molecular weight is 366 g/mol. The van der Waals surface area contributed by atoms with E-state index in [9.17, 15) is 4.79 Å². The van der Waals surface area contributed by atoms with Crippen molar-refractivity contribution in [3.8, 4) is 5.75 Å². The lowest BCUT2D eigenvalue weighted by atomic mass is 10.0. The third-order valence-corrected chi connectivity index (χ3v) is 4.45. The fourth-order valence-electron chi connectivity index (χ4n) is 2.65. The summed E-state index contributed by atoms with van der Waals surface area (Å²) in [6.07, 6.45) is 0.758. The molecule has 132 valence electrons. The molecule has 0 saturated carbocycles. The van der Waals surface area contributed by atoms with Crippen molar-refractivity contribution in [2.75, 3.05) is 11.9 Å². The Morgan fingerprint density at radius 1 is 1.00 bits per heavy atom. The highest BCUT2D eigenvalue weighted by Crippen LogP contribution is 2.22. The van der Waals surface area contributed by atoms with E-state index in [-0.39, 0.29) is 12.5 Å². The molecule has 26 heavy (non-hydrogen) atoms. The standard InChI is InChI=1S/C22H20ClNO2/c1-16-13-19(11-12-20(16)23)26-15-22(25)24-21-10-6-5-9-18(21)14-17-7-3-2-4-8-17/h2-13H,14-15H2,1H3,(H,24,25). The minimum absolute atomic E-state index is 0.0548. The van der Waals surface area contributed by atoms with E-state index in [1.54, 1.807) is 12.1 Å². The van der Waals surface area contributed by atoms with Gasteiger partial charge < -0.3 is 10.1 Å². The van der Waals surface area contributed by atoms with Gasteiger partial charge in [-0.15, -0.1) is 0 Å². The lowest BCUT2D eigenvalue weighted by Gasteiger charge is -2.12. The Kier molecular flexibility index (Phi) is 5.92. The third kappa shape index (κ3) is 4.87. The van der Waals surface area contributed by atoms with E-state index in [0.717, 1.165) is 23.2 Å². The summed E-state index contributed by atoms with van der Waals surface area (Å²) in [7, 11) is 0. The number of hydrogen-bond donors (Lipinski definition) is 1. The molecule has 3 nitrogen and oxygen atoms in total. The molecule has 3 aromatic carbocycles. The summed E-state index contributed by atoms with van der Waals surface area (Å²) in [5.74, 6) is 0.428. The molecule has 3 rings (SSSR count). The SMILES string of the molecule is Cc1cc(OCC(=O)Nc2ccccc2Cc2ccccc2)ccc1Cl. The molecular weight excluding hydrogens is 346 g/mol. The van der Waals surface area contributed by atoms with Crippen LogP contribution in [0.4, 0.5) is 5.69 Å². The molecule has 0 heterocycles. The predicted octanol–water partition coefficient (Wildman–Crippen LogP) is 5.26. The molecule has 4 heteroatoms. The van der Waals surface area contributed by atoms with Gasteiger partial charge in [-0.3, -0.25) is 4.79 Å². The van der Waals surface area contributed by atoms with E-state index in [1.165, 1.54) is 5.56 Å². The van der Waals surface area contributed by atoms with Crippen molar-refractivity contribution in [3.05, 3.63) is 94.5 Å². The molecule has 0 aliphatic rings. The van der Waals surface area contributed by atoms with Crippen LogP contribution in [0.25, 0.3) is 0 Å². The highest BCUT2D eigenvalue weighted by atomic mass is 35.5. The van der Waals surface area contributed by atoms with Crippen LogP contribution in [0.1, 0.15) is 16.7 Å². The number of halogens is 1. The van der Waals surface area contributed by atoms with Gasteiger partial charge in [-0.05, 0) is 54.3 Å². The van der Waals surface area contributed by atoms with Crippen molar-refractivity contribution in [2.45, 2.75) is 13.3 Å². The molecule has 0 aromatic heterocycles. The Morgan fingerprint density at radius 3 is 2.50 bits per heavy atom. The first-order valence-corrected chi connectivity index (χ1v) is 8.80. The maximum Gasteiger partial charge on any atom is 0.262 e. The molecule has 1 amide bonds. The molecular formula is C22H20ClNO2. The van der Waals surface area contributed by atoms with Crippen LogP contribution in [0.3, 0.4) is 0 Å². The summed E-state index contributed by atoms with van der Waals surface area (Å²) in [5, 5.41) is 3.61. The van der Waals surface area contributed by atoms with Gasteiger partial charge in [-0.25, -0.2) is 0 Å². The smallest absolute Gasteiger partial charge is 0.262 e. The van der Waals surface area contributed by atoms with Crippen molar-refractivity contribution in [2.24, 2.45) is 0 Å². The van der Waals surface area contributed by atoms with Crippen LogP contribution in [0.5, 0.6) is 5.75 Å². The number of amides is 1. The summed E-state index contributed by atoms with van der Waals surface area (Å²) in [6, 6.07) is 23.3. The Hall–Kier alpha value is -2.78. The molecule has 3 aromatic rings. The summed E-state index contributed by atoms with van der Waals surface area (Å²) in [4.78, 5) is 12.3. The van der Waals surface area contributed by atoms with Crippen LogP contribution in [-0.2, 0) is 11.2 Å². The molecule has 0 saturated heterocycles. The molecule has 0 unspecified atom stereocenters. The summed E-state index contributed by atoms with van der Waals surface area (Å²) in [5.41, 5.74) is 3.98. The van der Waals surface area contributed by atoms with Gasteiger partial charge in [-0.1, -0.05) is 60.1 Å².